The molecule has 0 amide bonds. The molecule has 4 heteroatoms. The Morgan fingerprint density at radius 3 is 1.17 bits per heavy atom. The zero-order valence-corrected chi connectivity index (χ0v) is 28.9. The van der Waals surface area contributed by atoms with Crippen molar-refractivity contribution in [1.29, 1.82) is 0 Å². The van der Waals surface area contributed by atoms with Crippen molar-refractivity contribution in [2.45, 2.75) is 156 Å². The predicted octanol–water partition coefficient (Wildman–Crippen LogP) is 8.92. The molecule has 0 spiro atoms. The Hall–Kier alpha value is -2.04. The number of hydrogen-bond acceptors (Lipinski definition) is 4. The normalized spacial score (nSPS) is 21.4. The van der Waals surface area contributed by atoms with Gasteiger partial charge in [-0.2, -0.15) is 0 Å². The lowest BCUT2D eigenvalue weighted by Gasteiger charge is -2.36. The molecule has 2 aromatic carbocycles. The predicted molar refractivity (Wildman–Crippen MR) is 178 cm³/mol. The third-order valence-electron chi connectivity index (χ3n) is 9.75. The maximum atomic E-state index is 11.5. The number of rotatable bonds is 5. The van der Waals surface area contributed by atoms with Gasteiger partial charge in [-0.25, -0.2) is 0 Å². The molecule has 0 unspecified atom stereocenters. The van der Waals surface area contributed by atoms with Gasteiger partial charge < -0.3 is 10.2 Å². The van der Waals surface area contributed by atoms with Crippen LogP contribution in [-0.4, -0.2) is 45.2 Å². The van der Waals surface area contributed by atoms with Gasteiger partial charge in [0.2, 0.25) is 0 Å². The summed E-state index contributed by atoms with van der Waals surface area (Å²) >= 11 is 0. The molecule has 2 aliphatic heterocycles. The third kappa shape index (κ3) is 7.02. The van der Waals surface area contributed by atoms with Gasteiger partial charge in [0, 0.05) is 36.3 Å². The van der Waals surface area contributed by atoms with Crippen molar-refractivity contribution in [3.8, 4) is 11.5 Å². The Labute approximate surface area is 257 Å². The maximum absolute atomic E-state index is 11.5. The van der Waals surface area contributed by atoms with E-state index in [0.717, 1.165) is 48.4 Å². The van der Waals surface area contributed by atoms with Crippen LogP contribution >= 0.6 is 0 Å². The Bertz CT molecular complexity index is 1170. The number of nitrogens with zero attached hydrogens (tertiary/aromatic N) is 2. The molecule has 0 aromatic heterocycles. The summed E-state index contributed by atoms with van der Waals surface area (Å²) in [5.74, 6) is 0.950. The Morgan fingerprint density at radius 2 is 0.881 bits per heavy atom. The van der Waals surface area contributed by atoms with Gasteiger partial charge >= 0.3 is 0 Å². The van der Waals surface area contributed by atoms with Gasteiger partial charge in [-0.05, 0) is 82.7 Å². The highest BCUT2D eigenvalue weighted by Gasteiger charge is 2.39. The fourth-order valence-corrected chi connectivity index (χ4v) is 7.05. The van der Waals surface area contributed by atoms with Crippen LogP contribution in [0.15, 0.2) is 24.3 Å². The van der Waals surface area contributed by atoms with Crippen molar-refractivity contribution in [3.63, 3.8) is 0 Å². The lowest BCUT2D eigenvalue weighted by molar-refractivity contribution is 0.122. The molecule has 4 rings (SSSR count). The first-order chi connectivity index (χ1) is 19.2. The van der Waals surface area contributed by atoms with Gasteiger partial charge in [-0.3, -0.25) is 9.80 Å². The highest BCUT2D eigenvalue weighted by molar-refractivity contribution is 5.50. The Balaban J connectivity index is 1.64. The van der Waals surface area contributed by atoms with E-state index in [2.05, 4.69) is 117 Å². The zero-order chi connectivity index (χ0) is 31.4. The number of aromatic hydroxyl groups is 2. The summed E-state index contributed by atoms with van der Waals surface area (Å²) in [7, 11) is 0. The summed E-state index contributed by atoms with van der Waals surface area (Å²) in [5, 5.41) is 23.0. The van der Waals surface area contributed by atoms with Gasteiger partial charge in [0.1, 0.15) is 11.5 Å². The van der Waals surface area contributed by atoms with E-state index in [1.165, 1.54) is 36.8 Å². The van der Waals surface area contributed by atoms with E-state index in [1.54, 1.807) is 0 Å². The lowest BCUT2D eigenvalue weighted by Crippen LogP contribution is -2.45. The van der Waals surface area contributed by atoms with Gasteiger partial charge in [0.05, 0.1) is 0 Å². The first-order valence-electron chi connectivity index (χ1n) is 16.4. The molecular weight excluding hydrogens is 516 g/mol. The molecule has 42 heavy (non-hydrogen) atoms. The van der Waals surface area contributed by atoms with E-state index in [1.807, 2.05) is 0 Å². The second-order valence-electron chi connectivity index (χ2n) is 17.4. The van der Waals surface area contributed by atoms with E-state index in [9.17, 15) is 10.2 Å². The number of hydrogen-bond donors (Lipinski definition) is 2. The number of phenolic OH excluding ortho intramolecular Hbond substituents is 2. The first-order valence-corrected chi connectivity index (χ1v) is 16.4. The summed E-state index contributed by atoms with van der Waals surface area (Å²) in [4.78, 5) is 5.28. The molecule has 2 saturated heterocycles. The van der Waals surface area contributed by atoms with E-state index >= 15 is 0 Å². The lowest BCUT2D eigenvalue weighted by atomic mass is 9.78. The highest BCUT2D eigenvalue weighted by atomic mass is 16.3. The fourth-order valence-electron chi connectivity index (χ4n) is 7.05. The molecule has 0 bridgehead atoms. The van der Waals surface area contributed by atoms with Gasteiger partial charge in [0.15, 0.2) is 0 Å². The fraction of sp³-hybridized carbons (Fsp3) is 0.684. The summed E-state index contributed by atoms with van der Waals surface area (Å²) in [6.45, 7) is 30.5. The molecule has 0 saturated carbocycles. The van der Waals surface area contributed by atoms with Gasteiger partial charge in [0.25, 0.3) is 0 Å². The molecule has 0 radical (unpaired) electrons. The van der Waals surface area contributed by atoms with Crippen molar-refractivity contribution in [2.75, 3.05) is 13.1 Å². The standard InChI is InChI=1S/C38H60N2O2/c1-35(2,3)27-19-25(33(41)29(21-27)37(7,8)9)23-39-17-13-15-31(39)32-16-14-18-40(32)24-26-20-28(36(4,5)6)22-30(34(26)42)38(10,11)12/h19-22,31-32,41-42H,13-18,23-24H2,1-12H3/t31-,32-/m0/s1. The van der Waals surface area contributed by atoms with Crippen LogP contribution in [0.4, 0.5) is 0 Å². The van der Waals surface area contributed by atoms with Crippen molar-refractivity contribution < 1.29 is 10.2 Å². The second kappa shape index (κ2) is 11.5. The van der Waals surface area contributed by atoms with Crippen molar-refractivity contribution in [3.05, 3.63) is 57.6 Å². The molecule has 2 atom stereocenters. The van der Waals surface area contributed by atoms with Crippen molar-refractivity contribution >= 4 is 0 Å². The molecule has 4 nitrogen and oxygen atoms in total. The summed E-state index contributed by atoms with van der Waals surface area (Å²) in [6, 6.07) is 9.88. The topological polar surface area (TPSA) is 46.9 Å². The van der Waals surface area contributed by atoms with E-state index in [4.69, 9.17) is 0 Å². The van der Waals surface area contributed by atoms with Crippen molar-refractivity contribution in [1.82, 2.24) is 9.80 Å². The van der Waals surface area contributed by atoms with Crippen LogP contribution in [0.2, 0.25) is 0 Å². The Morgan fingerprint density at radius 1 is 0.548 bits per heavy atom. The third-order valence-corrected chi connectivity index (χ3v) is 9.75. The monoisotopic (exact) mass is 576 g/mol. The van der Waals surface area contributed by atoms with Crippen molar-refractivity contribution in [2.24, 2.45) is 0 Å². The first kappa shape index (κ1) is 32.9. The van der Waals surface area contributed by atoms with Crippen LogP contribution in [-0.2, 0) is 34.7 Å². The SMILES string of the molecule is CC(C)(C)c1cc(CN2CCC[C@H]2[C@@H]2CCCN2Cc2cc(C(C)(C)C)cc(C(C)(C)C)c2O)c(O)c(C(C)(C)C)c1. The summed E-state index contributed by atoms with van der Waals surface area (Å²) in [5.41, 5.74) is 6.60. The minimum atomic E-state index is -0.123. The van der Waals surface area contributed by atoms with Crippen LogP contribution in [0.25, 0.3) is 0 Å². The van der Waals surface area contributed by atoms with E-state index in [-0.39, 0.29) is 21.7 Å². The highest BCUT2D eigenvalue weighted by Crippen LogP contribution is 2.42. The van der Waals surface area contributed by atoms with E-state index in [0.29, 0.717) is 23.6 Å². The van der Waals surface area contributed by atoms with Crippen LogP contribution in [0.5, 0.6) is 11.5 Å². The molecule has 2 N–H and O–H groups in total. The van der Waals surface area contributed by atoms with Gasteiger partial charge in [-0.1, -0.05) is 107 Å². The average Bonchev–Trinajstić information content (AvgIpc) is 3.47. The Kier molecular flexibility index (Phi) is 8.98. The molecule has 2 heterocycles. The van der Waals surface area contributed by atoms with E-state index < -0.39 is 0 Å². The molecule has 2 aromatic rings. The smallest absolute Gasteiger partial charge is 0.123 e. The second-order valence-corrected chi connectivity index (χ2v) is 17.4. The molecule has 0 aliphatic carbocycles. The summed E-state index contributed by atoms with van der Waals surface area (Å²) in [6.07, 6.45) is 4.77. The van der Waals surface area contributed by atoms with Crippen LogP contribution in [0.3, 0.4) is 0 Å². The minimum Gasteiger partial charge on any atom is -0.507 e. The average molecular weight is 577 g/mol. The minimum absolute atomic E-state index is 0.0185. The van der Waals surface area contributed by atoms with Crippen LogP contribution in [0, 0.1) is 0 Å². The molecule has 234 valence electrons. The molecule has 2 fully saturated rings. The number of benzene rings is 2. The number of likely N-dealkylation sites (tertiary alicyclic amines) is 2. The zero-order valence-electron chi connectivity index (χ0n) is 28.9. The van der Waals surface area contributed by atoms with Crippen LogP contribution in [0.1, 0.15) is 142 Å². The molecular formula is C38H60N2O2. The maximum Gasteiger partial charge on any atom is 0.123 e. The number of phenols is 2. The van der Waals surface area contributed by atoms with Crippen LogP contribution < -0.4 is 0 Å². The summed E-state index contributed by atoms with van der Waals surface area (Å²) < 4.78 is 0. The molecule has 2 aliphatic rings. The quantitative estimate of drug-likeness (QED) is 0.373. The van der Waals surface area contributed by atoms with Gasteiger partial charge in [-0.15, -0.1) is 0 Å². The largest absolute Gasteiger partial charge is 0.507 e.